The molecule has 0 bridgehead atoms. The van der Waals surface area contributed by atoms with Gasteiger partial charge in [-0.3, -0.25) is 9.69 Å². The smallest absolute Gasteiger partial charge is 0.253 e. The summed E-state index contributed by atoms with van der Waals surface area (Å²) in [5.41, 5.74) is 3.81. The molecule has 3 aromatic carbocycles. The molecule has 0 saturated carbocycles. The van der Waals surface area contributed by atoms with Gasteiger partial charge in [0.2, 0.25) is 0 Å². The minimum absolute atomic E-state index is 0.195. The number of aromatic amines is 1. The van der Waals surface area contributed by atoms with Crippen molar-refractivity contribution in [3.8, 4) is 0 Å². The van der Waals surface area contributed by atoms with Crippen LogP contribution in [0.5, 0.6) is 0 Å². The number of fused-ring (bicyclic) bond motifs is 1. The van der Waals surface area contributed by atoms with E-state index in [2.05, 4.69) is 58.3 Å². The molecule has 0 aliphatic rings. The van der Waals surface area contributed by atoms with Crippen LogP contribution in [0.25, 0.3) is 10.9 Å². The van der Waals surface area contributed by atoms with Crippen LogP contribution in [-0.2, 0) is 18.6 Å². The van der Waals surface area contributed by atoms with Crippen LogP contribution in [0.3, 0.4) is 0 Å². The van der Waals surface area contributed by atoms with E-state index in [-0.39, 0.29) is 16.9 Å². The highest BCUT2D eigenvalue weighted by molar-refractivity contribution is 5.79. The van der Waals surface area contributed by atoms with Gasteiger partial charge in [-0.1, -0.05) is 61.5 Å². The SMILES string of the molecule is CCC(C)(C)n1nnnc1[C@H](c1cc2ccc(C)cc2[nH]c1=O)N(Cc1ccccc1)Cc1ccc(F)cc1. The standard InChI is InChI=1S/C31H33FN6O/c1-5-31(3,4)38-29(34-35-36-38)28(26-18-24-14-11-21(2)17-27(24)33-30(26)39)37(19-22-9-7-6-8-10-22)20-23-12-15-25(32)16-13-23/h6-18,28H,5,19-20H2,1-4H3,(H,33,39)/t28-/m0/s1. The Morgan fingerprint density at radius 3 is 2.36 bits per heavy atom. The van der Waals surface area contributed by atoms with E-state index in [0.29, 0.717) is 24.5 Å². The van der Waals surface area contributed by atoms with Crippen LogP contribution in [-0.4, -0.2) is 30.1 Å². The molecule has 0 saturated heterocycles. The third-order valence-electron chi connectivity index (χ3n) is 7.39. The Kier molecular flexibility index (Phi) is 7.39. The molecule has 39 heavy (non-hydrogen) atoms. The predicted octanol–water partition coefficient (Wildman–Crippen LogP) is 5.90. The van der Waals surface area contributed by atoms with Crippen LogP contribution in [0.1, 0.15) is 61.3 Å². The number of benzene rings is 3. The molecule has 5 aromatic rings. The lowest BCUT2D eigenvalue weighted by Crippen LogP contribution is -2.38. The summed E-state index contributed by atoms with van der Waals surface area (Å²) < 4.78 is 15.6. The van der Waals surface area contributed by atoms with E-state index in [0.717, 1.165) is 34.0 Å². The second kappa shape index (κ2) is 10.9. The summed E-state index contributed by atoms with van der Waals surface area (Å²) in [7, 11) is 0. The fourth-order valence-electron chi connectivity index (χ4n) is 4.86. The topological polar surface area (TPSA) is 79.7 Å². The lowest BCUT2D eigenvalue weighted by atomic mass is 9.98. The van der Waals surface area contributed by atoms with E-state index >= 15 is 0 Å². The maximum Gasteiger partial charge on any atom is 0.253 e. The first kappa shape index (κ1) is 26.4. The van der Waals surface area contributed by atoms with Gasteiger partial charge in [-0.25, -0.2) is 9.07 Å². The molecule has 0 aliphatic heterocycles. The average molecular weight is 525 g/mol. The van der Waals surface area contributed by atoms with Crippen LogP contribution in [0.15, 0.2) is 83.7 Å². The zero-order valence-corrected chi connectivity index (χ0v) is 22.7. The fourth-order valence-corrected chi connectivity index (χ4v) is 4.86. The number of rotatable bonds is 9. The lowest BCUT2D eigenvalue weighted by molar-refractivity contribution is 0.180. The highest BCUT2D eigenvalue weighted by atomic mass is 19.1. The molecule has 0 unspecified atom stereocenters. The minimum atomic E-state index is -0.578. The average Bonchev–Trinajstić information content (AvgIpc) is 3.41. The summed E-state index contributed by atoms with van der Waals surface area (Å²) in [6, 6.07) is 23.9. The number of tetrazole rings is 1. The Morgan fingerprint density at radius 2 is 1.67 bits per heavy atom. The fraction of sp³-hybridized carbons (Fsp3) is 0.290. The van der Waals surface area contributed by atoms with E-state index in [4.69, 9.17) is 0 Å². The van der Waals surface area contributed by atoms with Crippen molar-refractivity contribution in [2.24, 2.45) is 0 Å². The first-order chi connectivity index (χ1) is 18.7. The highest BCUT2D eigenvalue weighted by Gasteiger charge is 2.34. The molecule has 0 aliphatic carbocycles. The van der Waals surface area contributed by atoms with Gasteiger partial charge in [0.25, 0.3) is 5.56 Å². The summed E-state index contributed by atoms with van der Waals surface area (Å²) >= 11 is 0. The van der Waals surface area contributed by atoms with Gasteiger partial charge in [0.15, 0.2) is 5.82 Å². The third-order valence-corrected chi connectivity index (χ3v) is 7.39. The molecule has 1 atom stereocenters. The van der Waals surface area contributed by atoms with Crippen LogP contribution >= 0.6 is 0 Å². The molecule has 200 valence electrons. The summed E-state index contributed by atoms with van der Waals surface area (Å²) in [4.78, 5) is 19.0. The molecule has 0 spiro atoms. The number of pyridine rings is 1. The quantitative estimate of drug-likeness (QED) is 0.260. The van der Waals surface area contributed by atoms with Gasteiger partial charge < -0.3 is 4.98 Å². The van der Waals surface area contributed by atoms with Gasteiger partial charge in [0, 0.05) is 24.2 Å². The second-order valence-corrected chi connectivity index (χ2v) is 10.7. The maximum absolute atomic E-state index is 13.8. The van der Waals surface area contributed by atoms with Gasteiger partial charge in [-0.2, -0.15) is 0 Å². The van der Waals surface area contributed by atoms with Crippen molar-refractivity contribution in [1.29, 1.82) is 0 Å². The summed E-state index contributed by atoms with van der Waals surface area (Å²) in [6.45, 7) is 9.22. The summed E-state index contributed by atoms with van der Waals surface area (Å²) in [5.74, 6) is 0.289. The van der Waals surface area contributed by atoms with Crippen molar-refractivity contribution in [2.75, 3.05) is 0 Å². The van der Waals surface area contributed by atoms with Crippen LogP contribution in [0, 0.1) is 12.7 Å². The first-order valence-electron chi connectivity index (χ1n) is 13.2. The van der Waals surface area contributed by atoms with Crippen molar-refractivity contribution >= 4 is 10.9 Å². The number of halogens is 1. The van der Waals surface area contributed by atoms with Gasteiger partial charge >= 0.3 is 0 Å². The van der Waals surface area contributed by atoms with Gasteiger partial charge in [-0.15, -0.1) is 5.10 Å². The third kappa shape index (κ3) is 5.66. The molecular weight excluding hydrogens is 491 g/mol. The Morgan fingerprint density at radius 1 is 0.974 bits per heavy atom. The Balaban J connectivity index is 1.73. The Hall–Kier alpha value is -4.17. The molecule has 0 radical (unpaired) electrons. The molecule has 0 amide bonds. The normalized spacial score (nSPS) is 12.8. The molecule has 7 nitrogen and oxygen atoms in total. The Bertz CT molecular complexity index is 1630. The van der Waals surface area contributed by atoms with E-state index in [9.17, 15) is 9.18 Å². The van der Waals surface area contributed by atoms with E-state index in [1.165, 1.54) is 12.1 Å². The number of nitrogens with one attached hydrogen (secondary N) is 1. The monoisotopic (exact) mass is 524 g/mol. The highest BCUT2D eigenvalue weighted by Crippen LogP contribution is 2.33. The number of nitrogens with zero attached hydrogens (tertiary/aromatic N) is 5. The summed E-state index contributed by atoms with van der Waals surface area (Å²) in [5, 5.41) is 13.9. The van der Waals surface area contributed by atoms with Gasteiger partial charge in [-0.05, 0) is 84.0 Å². The molecule has 5 rings (SSSR count). The molecule has 2 heterocycles. The maximum atomic E-state index is 13.8. The second-order valence-electron chi connectivity index (χ2n) is 10.7. The van der Waals surface area contributed by atoms with E-state index in [1.54, 1.807) is 12.1 Å². The largest absolute Gasteiger partial charge is 0.322 e. The zero-order valence-electron chi connectivity index (χ0n) is 22.7. The van der Waals surface area contributed by atoms with Crippen LogP contribution < -0.4 is 5.56 Å². The minimum Gasteiger partial charge on any atom is -0.322 e. The number of hydrogen-bond donors (Lipinski definition) is 1. The van der Waals surface area contributed by atoms with Crippen molar-refractivity contribution in [3.63, 3.8) is 0 Å². The number of aryl methyl sites for hydroxylation is 1. The van der Waals surface area contributed by atoms with Crippen molar-refractivity contribution in [2.45, 2.75) is 58.8 Å². The van der Waals surface area contributed by atoms with Gasteiger partial charge in [0.1, 0.15) is 11.9 Å². The first-order valence-corrected chi connectivity index (χ1v) is 13.2. The molecule has 0 fully saturated rings. The molecule has 1 N–H and O–H groups in total. The van der Waals surface area contributed by atoms with E-state index in [1.807, 2.05) is 54.1 Å². The van der Waals surface area contributed by atoms with Crippen molar-refractivity contribution in [3.05, 3.63) is 123 Å². The number of aromatic nitrogens is 5. The zero-order chi connectivity index (χ0) is 27.6. The molecular formula is C31H33FN6O. The summed E-state index contributed by atoms with van der Waals surface area (Å²) in [6.07, 6.45) is 0.793. The van der Waals surface area contributed by atoms with Crippen molar-refractivity contribution in [1.82, 2.24) is 30.1 Å². The number of hydrogen-bond acceptors (Lipinski definition) is 5. The van der Waals surface area contributed by atoms with E-state index < -0.39 is 6.04 Å². The number of H-pyrrole nitrogens is 1. The Labute approximate surface area is 227 Å². The molecule has 2 aromatic heterocycles. The van der Waals surface area contributed by atoms with Crippen LogP contribution in [0.4, 0.5) is 4.39 Å². The molecule has 8 heteroatoms. The van der Waals surface area contributed by atoms with Crippen LogP contribution in [0.2, 0.25) is 0 Å². The van der Waals surface area contributed by atoms with Gasteiger partial charge in [0.05, 0.1) is 5.54 Å². The lowest BCUT2D eigenvalue weighted by Gasteiger charge is -2.33. The predicted molar refractivity (Wildman–Crippen MR) is 151 cm³/mol. The van der Waals surface area contributed by atoms with Crippen molar-refractivity contribution < 1.29 is 4.39 Å².